The maximum atomic E-state index is 12.7. The number of carbonyl (C=O) groups excluding carboxylic acids is 1. The zero-order valence-electron chi connectivity index (χ0n) is 12.2. The van der Waals surface area contributed by atoms with Gasteiger partial charge < -0.3 is 15.2 Å². The van der Waals surface area contributed by atoms with E-state index >= 15 is 0 Å². The van der Waals surface area contributed by atoms with E-state index in [9.17, 15) is 9.18 Å². The first kappa shape index (κ1) is 16.4. The topological polar surface area (TPSA) is 61.5 Å². The van der Waals surface area contributed by atoms with Gasteiger partial charge in [0.2, 0.25) is 0 Å². The Morgan fingerprint density at radius 1 is 1.30 bits per heavy atom. The summed E-state index contributed by atoms with van der Waals surface area (Å²) in [6.45, 7) is 5.74. The molecular weight excluding hydrogens is 261 g/mol. The molecule has 0 saturated carbocycles. The number of ether oxygens (including phenoxy) is 2. The van der Waals surface area contributed by atoms with Crippen LogP contribution in [0.2, 0.25) is 0 Å². The number of rotatable bonds is 6. The summed E-state index contributed by atoms with van der Waals surface area (Å²) in [5.74, 6) is -0.0274. The molecule has 0 saturated heterocycles. The van der Waals surface area contributed by atoms with Gasteiger partial charge in [-0.2, -0.15) is 0 Å². The van der Waals surface area contributed by atoms with Crippen molar-refractivity contribution in [3.05, 3.63) is 30.1 Å². The summed E-state index contributed by atoms with van der Waals surface area (Å²) in [7, 11) is 0. The predicted octanol–water partition coefficient (Wildman–Crippen LogP) is 2.65. The van der Waals surface area contributed by atoms with E-state index in [1.54, 1.807) is 0 Å². The van der Waals surface area contributed by atoms with Gasteiger partial charge in [-0.05, 0) is 51.5 Å². The standard InChI is InChI=1S/C15H22FNO3/c1-15(2,3)20-14(18)9-6-12(17)10-19-13-7-4-11(16)5-8-13/h4-5,7-8,12H,6,9-10,17H2,1-3H3. The van der Waals surface area contributed by atoms with Crippen molar-refractivity contribution in [1.82, 2.24) is 0 Å². The minimum atomic E-state index is -0.480. The summed E-state index contributed by atoms with van der Waals surface area (Å²) in [6.07, 6.45) is 0.737. The van der Waals surface area contributed by atoms with Crippen LogP contribution in [-0.4, -0.2) is 24.2 Å². The Morgan fingerprint density at radius 3 is 2.45 bits per heavy atom. The molecule has 1 aromatic rings. The molecule has 5 heteroatoms. The quantitative estimate of drug-likeness (QED) is 0.815. The third-order valence-corrected chi connectivity index (χ3v) is 2.42. The van der Waals surface area contributed by atoms with E-state index in [1.165, 1.54) is 24.3 Å². The zero-order chi connectivity index (χ0) is 15.2. The van der Waals surface area contributed by atoms with E-state index in [2.05, 4.69) is 0 Å². The highest BCUT2D eigenvalue weighted by Gasteiger charge is 2.17. The van der Waals surface area contributed by atoms with Gasteiger partial charge >= 0.3 is 5.97 Å². The van der Waals surface area contributed by atoms with Crippen LogP contribution < -0.4 is 10.5 Å². The maximum Gasteiger partial charge on any atom is 0.306 e. The van der Waals surface area contributed by atoms with Gasteiger partial charge in [0.25, 0.3) is 0 Å². The van der Waals surface area contributed by atoms with Gasteiger partial charge in [-0.25, -0.2) is 4.39 Å². The molecule has 0 aliphatic heterocycles. The fourth-order valence-electron chi connectivity index (χ4n) is 1.51. The van der Waals surface area contributed by atoms with Crippen LogP contribution in [-0.2, 0) is 9.53 Å². The largest absolute Gasteiger partial charge is 0.492 e. The average molecular weight is 283 g/mol. The number of nitrogens with two attached hydrogens (primary N) is 1. The van der Waals surface area contributed by atoms with Gasteiger partial charge in [0.05, 0.1) is 0 Å². The second-order valence-electron chi connectivity index (χ2n) is 5.65. The van der Waals surface area contributed by atoms with E-state index < -0.39 is 5.60 Å². The molecule has 20 heavy (non-hydrogen) atoms. The van der Waals surface area contributed by atoms with Crippen LogP contribution >= 0.6 is 0 Å². The Morgan fingerprint density at radius 2 is 1.90 bits per heavy atom. The maximum absolute atomic E-state index is 12.7. The molecular formula is C15H22FNO3. The van der Waals surface area contributed by atoms with Crippen molar-refractivity contribution in [2.24, 2.45) is 5.73 Å². The molecule has 1 unspecified atom stereocenters. The van der Waals surface area contributed by atoms with Crippen molar-refractivity contribution in [2.75, 3.05) is 6.61 Å². The summed E-state index contributed by atoms with van der Waals surface area (Å²) in [6, 6.07) is 5.45. The molecule has 4 nitrogen and oxygen atoms in total. The molecule has 0 radical (unpaired) electrons. The first-order chi connectivity index (χ1) is 9.26. The van der Waals surface area contributed by atoms with Crippen molar-refractivity contribution in [3.63, 3.8) is 0 Å². The molecule has 1 rings (SSSR count). The van der Waals surface area contributed by atoms with Gasteiger partial charge in [0.1, 0.15) is 23.8 Å². The lowest BCUT2D eigenvalue weighted by molar-refractivity contribution is -0.155. The molecule has 112 valence electrons. The van der Waals surface area contributed by atoms with E-state index in [4.69, 9.17) is 15.2 Å². The van der Waals surface area contributed by atoms with Crippen LogP contribution in [0, 0.1) is 5.82 Å². The highest BCUT2D eigenvalue weighted by atomic mass is 19.1. The van der Waals surface area contributed by atoms with Gasteiger partial charge in [-0.1, -0.05) is 0 Å². The van der Waals surface area contributed by atoms with Gasteiger partial charge in [-0.3, -0.25) is 4.79 Å². The molecule has 1 atom stereocenters. The summed E-state index contributed by atoms with van der Waals surface area (Å²) in [4.78, 5) is 11.5. The number of benzene rings is 1. The summed E-state index contributed by atoms with van der Waals surface area (Å²) in [5.41, 5.74) is 5.38. The second-order valence-corrected chi connectivity index (χ2v) is 5.65. The molecule has 0 heterocycles. The number of carbonyl (C=O) groups is 1. The summed E-state index contributed by atoms with van der Waals surface area (Å²) >= 11 is 0. The van der Waals surface area contributed by atoms with Crippen LogP contribution in [0.25, 0.3) is 0 Å². The van der Waals surface area contributed by atoms with E-state index in [0.29, 0.717) is 12.2 Å². The Labute approximate surface area is 119 Å². The first-order valence-electron chi connectivity index (χ1n) is 6.62. The van der Waals surface area contributed by atoms with Crippen molar-refractivity contribution >= 4 is 5.97 Å². The Balaban J connectivity index is 2.25. The van der Waals surface area contributed by atoms with E-state index in [-0.39, 0.29) is 30.9 Å². The number of esters is 1. The second kappa shape index (κ2) is 7.24. The van der Waals surface area contributed by atoms with Crippen molar-refractivity contribution < 1.29 is 18.7 Å². The fraction of sp³-hybridized carbons (Fsp3) is 0.533. The highest BCUT2D eigenvalue weighted by Crippen LogP contribution is 2.12. The van der Waals surface area contributed by atoms with Crippen LogP contribution in [0.5, 0.6) is 5.75 Å². The Bertz CT molecular complexity index is 426. The van der Waals surface area contributed by atoms with Crippen LogP contribution in [0.15, 0.2) is 24.3 Å². The predicted molar refractivity (Wildman–Crippen MR) is 74.9 cm³/mol. The molecule has 2 N–H and O–H groups in total. The normalized spacial score (nSPS) is 12.8. The monoisotopic (exact) mass is 283 g/mol. The van der Waals surface area contributed by atoms with Crippen molar-refractivity contribution in [3.8, 4) is 5.75 Å². The highest BCUT2D eigenvalue weighted by molar-refractivity contribution is 5.69. The van der Waals surface area contributed by atoms with Crippen molar-refractivity contribution in [1.29, 1.82) is 0 Å². The SMILES string of the molecule is CC(C)(C)OC(=O)CCC(N)COc1ccc(F)cc1. The molecule has 0 amide bonds. The first-order valence-corrected chi connectivity index (χ1v) is 6.62. The Kier molecular flexibility index (Phi) is 5.95. The van der Waals surface area contributed by atoms with Gasteiger partial charge in [0.15, 0.2) is 0 Å². The number of halogens is 1. The molecule has 0 bridgehead atoms. The lowest BCUT2D eigenvalue weighted by Gasteiger charge is -2.20. The minimum absolute atomic E-state index is 0.255. The Hall–Kier alpha value is -1.62. The van der Waals surface area contributed by atoms with Crippen molar-refractivity contribution in [2.45, 2.75) is 45.3 Å². The lowest BCUT2D eigenvalue weighted by atomic mass is 10.1. The summed E-state index contributed by atoms with van der Waals surface area (Å²) < 4.78 is 23.3. The molecule has 1 aromatic carbocycles. The molecule has 0 fully saturated rings. The minimum Gasteiger partial charge on any atom is -0.492 e. The van der Waals surface area contributed by atoms with Crippen LogP contribution in [0.4, 0.5) is 4.39 Å². The zero-order valence-corrected chi connectivity index (χ0v) is 12.2. The van der Waals surface area contributed by atoms with Gasteiger partial charge in [-0.15, -0.1) is 0 Å². The smallest absolute Gasteiger partial charge is 0.306 e. The van der Waals surface area contributed by atoms with E-state index in [1.807, 2.05) is 20.8 Å². The van der Waals surface area contributed by atoms with Gasteiger partial charge in [0, 0.05) is 12.5 Å². The third-order valence-electron chi connectivity index (χ3n) is 2.42. The molecule has 0 spiro atoms. The molecule has 0 aliphatic carbocycles. The molecule has 0 aromatic heterocycles. The number of hydrogen-bond acceptors (Lipinski definition) is 4. The average Bonchev–Trinajstić information content (AvgIpc) is 2.33. The van der Waals surface area contributed by atoms with E-state index in [0.717, 1.165) is 0 Å². The number of hydrogen-bond donors (Lipinski definition) is 1. The lowest BCUT2D eigenvalue weighted by Crippen LogP contribution is -2.30. The van der Waals surface area contributed by atoms with Crippen LogP contribution in [0.1, 0.15) is 33.6 Å². The summed E-state index contributed by atoms with van der Waals surface area (Å²) in [5, 5.41) is 0. The van der Waals surface area contributed by atoms with Crippen LogP contribution in [0.3, 0.4) is 0 Å². The molecule has 0 aliphatic rings. The third kappa shape index (κ3) is 7.09. The fourth-order valence-corrected chi connectivity index (χ4v) is 1.51.